The first-order chi connectivity index (χ1) is 9.54. The lowest BCUT2D eigenvalue weighted by Crippen LogP contribution is -2.62. The van der Waals surface area contributed by atoms with Gasteiger partial charge in [0, 0.05) is 17.7 Å². The van der Waals surface area contributed by atoms with E-state index < -0.39 is 12.9 Å². The van der Waals surface area contributed by atoms with E-state index in [4.69, 9.17) is 25.6 Å². The zero-order valence-corrected chi connectivity index (χ0v) is 11.7. The minimum Gasteiger partial charge on any atom is -0.382 e. The molecule has 20 heavy (non-hydrogen) atoms. The Hall–Kier alpha value is -1.15. The van der Waals surface area contributed by atoms with Crippen LogP contribution in [0.1, 0.15) is 10.4 Å². The van der Waals surface area contributed by atoms with Crippen molar-refractivity contribution in [1.29, 1.82) is 0 Å². The number of benzene rings is 1. The maximum absolute atomic E-state index is 12.9. The van der Waals surface area contributed by atoms with Gasteiger partial charge >= 0.3 is 7.40 Å². The summed E-state index contributed by atoms with van der Waals surface area (Å²) < 4.78 is 27.5. The highest BCUT2D eigenvalue weighted by atomic mass is 35.5. The van der Waals surface area contributed by atoms with Crippen LogP contribution in [0.4, 0.5) is 4.32 Å². The second kappa shape index (κ2) is 6.54. The lowest BCUT2D eigenvalue weighted by atomic mass is 9.98. The van der Waals surface area contributed by atoms with E-state index in [1.807, 2.05) is 0 Å². The number of carbonyl (C=O) groups is 1. The number of carbonyl (C=O) groups excluding carboxylic acids is 1. The smallest absolute Gasteiger partial charge is 0.382 e. The van der Waals surface area contributed by atoms with Gasteiger partial charge in [0.2, 0.25) is 0 Å². The highest BCUT2D eigenvalue weighted by Crippen LogP contribution is 2.17. The van der Waals surface area contributed by atoms with E-state index >= 15 is 0 Å². The van der Waals surface area contributed by atoms with Crippen LogP contribution in [-0.4, -0.2) is 45.8 Å². The zero-order chi connectivity index (χ0) is 14.6. The molecule has 0 aromatic heterocycles. The summed E-state index contributed by atoms with van der Waals surface area (Å²) >= 11 is 5.84. The van der Waals surface area contributed by atoms with Crippen molar-refractivity contribution in [3.8, 4) is 0 Å². The fourth-order valence-corrected chi connectivity index (χ4v) is 2.14. The summed E-state index contributed by atoms with van der Waals surface area (Å²) in [6.45, 7) is 0.0780. The number of ether oxygens (including phenoxy) is 1. The molecule has 5 nitrogen and oxygen atoms in total. The Morgan fingerprint density at radius 3 is 2.85 bits per heavy atom. The van der Waals surface area contributed by atoms with Crippen molar-refractivity contribution in [1.82, 2.24) is 5.32 Å². The third kappa shape index (κ3) is 3.70. The number of rotatable bonds is 4. The third-order valence-corrected chi connectivity index (χ3v) is 3.10. The zero-order valence-electron chi connectivity index (χ0n) is 10.9. The maximum atomic E-state index is 12.9. The molecule has 1 aromatic rings. The molecule has 1 aliphatic heterocycles. The van der Waals surface area contributed by atoms with Crippen LogP contribution in [0.15, 0.2) is 24.3 Å². The summed E-state index contributed by atoms with van der Waals surface area (Å²) in [5, 5.41) is 3.21. The molecule has 1 saturated heterocycles. The van der Waals surface area contributed by atoms with Crippen LogP contribution in [0.5, 0.6) is 0 Å². The van der Waals surface area contributed by atoms with Gasteiger partial charge in [0.05, 0.1) is 19.8 Å². The summed E-state index contributed by atoms with van der Waals surface area (Å²) in [7, 11) is -0.294. The highest BCUT2D eigenvalue weighted by molar-refractivity contribution is 6.35. The summed E-state index contributed by atoms with van der Waals surface area (Å²) in [6, 6.07) is 6.51. The van der Waals surface area contributed by atoms with E-state index in [2.05, 4.69) is 5.32 Å². The lowest BCUT2D eigenvalue weighted by Gasteiger charge is -2.37. The van der Waals surface area contributed by atoms with E-state index in [0.717, 1.165) is 0 Å². The molecule has 0 saturated carbocycles. The fraction of sp³-hybridized carbons (Fsp3) is 0.417. The van der Waals surface area contributed by atoms with Gasteiger partial charge < -0.3 is 19.4 Å². The van der Waals surface area contributed by atoms with Crippen molar-refractivity contribution in [2.45, 2.75) is 5.54 Å². The molecule has 8 heteroatoms. The van der Waals surface area contributed by atoms with Crippen LogP contribution in [0, 0.1) is 0 Å². The predicted molar refractivity (Wildman–Crippen MR) is 72.3 cm³/mol. The summed E-state index contributed by atoms with van der Waals surface area (Å²) in [6.07, 6.45) is 0. The molecule has 0 radical (unpaired) electrons. The van der Waals surface area contributed by atoms with Crippen LogP contribution < -0.4 is 5.32 Å². The molecule has 1 aromatic carbocycles. The van der Waals surface area contributed by atoms with Gasteiger partial charge in [-0.1, -0.05) is 17.7 Å². The molecule has 1 amide bonds. The Labute approximate surface area is 121 Å². The van der Waals surface area contributed by atoms with Crippen LogP contribution >= 0.6 is 11.6 Å². The normalized spacial score (nSPS) is 17.9. The van der Waals surface area contributed by atoms with Gasteiger partial charge in [-0.25, -0.2) is 0 Å². The molecule has 0 spiro atoms. The van der Waals surface area contributed by atoms with Gasteiger partial charge in [-0.3, -0.25) is 9.11 Å². The van der Waals surface area contributed by atoms with Crippen molar-refractivity contribution in [3.63, 3.8) is 0 Å². The lowest BCUT2D eigenvalue weighted by molar-refractivity contribution is -0.0186. The van der Waals surface area contributed by atoms with Gasteiger partial charge in [0.25, 0.3) is 5.91 Å². The number of hydrogen-bond acceptors (Lipinski definition) is 4. The molecule has 108 valence electrons. The Kier molecular flexibility index (Phi) is 4.98. The third-order valence-electron chi connectivity index (χ3n) is 2.87. The maximum Gasteiger partial charge on any atom is 0.680 e. The molecular weight excluding hydrogens is 287 g/mol. The molecule has 0 unspecified atom stereocenters. The number of amides is 1. The average molecular weight is 302 g/mol. The minimum atomic E-state index is -1.77. The van der Waals surface area contributed by atoms with Gasteiger partial charge in [-0.05, 0) is 18.2 Å². The van der Waals surface area contributed by atoms with Crippen LogP contribution in [-0.2, 0) is 14.0 Å². The molecule has 2 rings (SSSR count). The monoisotopic (exact) mass is 301 g/mol. The SMILES string of the molecule is COCC1(NC(=O)c2cccc(Cl)c2)COB(F)OC1. The highest BCUT2D eigenvalue weighted by Gasteiger charge is 2.41. The first-order valence-electron chi connectivity index (χ1n) is 5.99. The minimum absolute atomic E-state index is 0.0334. The van der Waals surface area contributed by atoms with Gasteiger partial charge in [0.1, 0.15) is 5.54 Å². The largest absolute Gasteiger partial charge is 0.680 e. The fourth-order valence-electron chi connectivity index (χ4n) is 1.95. The average Bonchev–Trinajstić information content (AvgIpc) is 2.42. The Morgan fingerprint density at radius 2 is 2.25 bits per heavy atom. The predicted octanol–water partition coefficient (Wildman–Crippen LogP) is 1.46. The van der Waals surface area contributed by atoms with Crippen molar-refractivity contribution in [2.75, 3.05) is 26.9 Å². The van der Waals surface area contributed by atoms with E-state index in [-0.39, 0.29) is 25.7 Å². The Balaban J connectivity index is 2.10. The summed E-state index contributed by atoms with van der Waals surface area (Å²) in [4.78, 5) is 12.2. The molecule has 0 aliphatic carbocycles. The van der Waals surface area contributed by atoms with E-state index in [1.165, 1.54) is 7.11 Å². The number of nitrogens with one attached hydrogen (secondary N) is 1. The van der Waals surface area contributed by atoms with Crippen molar-refractivity contribution in [3.05, 3.63) is 34.9 Å². The number of halogens is 2. The standard InChI is InChI=1S/C12H14BClFNO4/c1-18-6-12(7-19-13(15)20-8-12)16-11(17)9-3-2-4-10(14)5-9/h2-5H,6-8H2,1H3,(H,16,17). The van der Waals surface area contributed by atoms with Gasteiger partial charge in [-0.2, -0.15) is 0 Å². The Morgan fingerprint density at radius 1 is 1.55 bits per heavy atom. The molecule has 1 aliphatic rings. The summed E-state index contributed by atoms with van der Waals surface area (Å²) in [5.74, 6) is -0.353. The van der Waals surface area contributed by atoms with Crippen molar-refractivity contribution in [2.24, 2.45) is 0 Å². The number of hydrogen-bond donors (Lipinski definition) is 1. The topological polar surface area (TPSA) is 56.8 Å². The van der Waals surface area contributed by atoms with E-state index in [1.54, 1.807) is 24.3 Å². The second-order valence-corrected chi connectivity index (χ2v) is 5.01. The van der Waals surface area contributed by atoms with Gasteiger partial charge in [0.15, 0.2) is 0 Å². The molecule has 1 N–H and O–H groups in total. The Bertz CT molecular complexity index is 482. The van der Waals surface area contributed by atoms with Crippen LogP contribution in [0.25, 0.3) is 0 Å². The first-order valence-corrected chi connectivity index (χ1v) is 6.37. The quantitative estimate of drug-likeness (QED) is 0.855. The molecule has 1 fully saturated rings. The molecular formula is C12H14BClFNO4. The summed E-state index contributed by atoms with van der Waals surface area (Å²) in [5.41, 5.74) is -0.521. The second-order valence-electron chi connectivity index (χ2n) is 4.57. The van der Waals surface area contributed by atoms with E-state index in [9.17, 15) is 9.11 Å². The first kappa shape index (κ1) is 15.2. The van der Waals surface area contributed by atoms with Crippen LogP contribution in [0.2, 0.25) is 5.02 Å². The number of methoxy groups -OCH3 is 1. The molecule has 0 atom stereocenters. The van der Waals surface area contributed by atoms with Gasteiger partial charge in [-0.15, -0.1) is 0 Å². The molecule has 1 heterocycles. The van der Waals surface area contributed by atoms with E-state index in [0.29, 0.717) is 10.6 Å². The van der Waals surface area contributed by atoms with Crippen LogP contribution in [0.3, 0.4) is 0 Å². The molecule has 0 bridgehead atoms. The van der Waals surface area contributed by atoms with Crippen molar-refractivity contribution < 1.29 is 23.2 Å². The van der Waals surface area contributed by atoms with Crippen molar-refractivity contribution >= 4 is 24.9 Å².